The summed E-state index contributed by atoms with van der Waals surface area (Å²) in [6.45, 7) is 6.41. The molecule has 0 bridgehead atoms. The second-order valence-electron chi connectivity index (χ2n) is 7.31. The Balaban J connectivity index is 1.89. The number of likely N-dealkylation sites (tertiary alicyclic amines) is 1. The molecule has 6 nitrogen and oxygen atoms in total. The van der Waals surface area contributed by atoms with Gasteiger partial charge in [0, 0.05) is 26.2 Å². The second-order valence-corrected chi connectivity index (χ2v) is 9.25. The first-order chi connectivity index (χ1) is 12.3. The van der Waals surface area contributed by atoms with Gasteiger partial charge in [-0.25, -0.2) is 12.8 Å². The summed E-state index contributed by atoms with van der Waals surface area (Å²) < 4.78 is 46.4. The molecule has 2 aliphatic rings. The van der Waals surface area contributed by atoms with Crippen molar-refractivity contribution in [2.24, 2.45) is 11.8 Å². The molecule has 2 saturated heterocycles. The molecule has 3 rings (SSSR count). The van der Waals surface area contributed by atoms with Crippen LogP contribution in [0.2, 0.25) is 0 Å². The van der Waals surface area contributed by atoms with Gasteiger partial charge < -0.3 is 9.64 Å². The lowest BCUT2D eigenvalue weighted by atomic mass is 9.91. The molecular formula is C18H25FN2O4S. The Hall–Kier alpha value is -1.51. The van der Waals surface area contributed by atoms with E-state index in [1.165, 1.54) is 16.4 Å². The monoisotopic (exact) mass is 384 g/mol. The molecule has 2 heterocycles. The number of benzene rings is 1. The second kappa shape index (κ2) is 7.62. The third-order valence-corrected chi connectivity index (χ3v) is 6.83. The third kappa shape index (κ3) is 3.92. The van der Waals surface area contributed by atoms with Crippen molar-refractivity contribution in [1.29, 1.82) is 0 Å². The van der Waals surface area contributed by atoms with Crippen molar-refractivity contribution in [1.82, 2.24) is 9.21 Å². The van der Waals surface area contributed by atoms with Crippen LogP contribution in [-0.4, -0.2) is 62.9 Å². The summed E-state index contributed by atoms with van der Waals surface area (Å²) in [4.78, 5) is 14.4. The van der Waals surface area contributed by atoms with Crippen molar-refractivity contribution in [2.75, 3.05) is 39.4 Å². The number of rotatable bonds is 3. The summed E-state index contributed by atoms with van der Waals surface area (Å²) in [6, 6.07) is 3.46. The van der Waals surface area contributed by atoms with Crippen molar-refractivity contribution in [3.8, 4) is 0 Å². The highest BCUT2D eigenvalue weighted by atomic mass is 32.2. The Morgan fingerprint density at radius 3 is 2.38 bits per heavy atom. The van der Waals surface area contributed by atoms with E-state index in [4.69, 9.17) is 4.74 Å². The molecule has 144 valence electrons. The molecule has 26 heavy (non-hydrogen) atoms. The molecule has 0 aromatic heterocycles. The van der Waals surface area contributed by atoms with Gasteiger partial charge in [0.15, 0.2) is 0 Å². The highest BCUT2D eigenvalue weighted by Gasteiger charge is 2.31. The Morgan fingerprint density at radius 2 is 1.77 bits per heavy atom. The van der Waals surface area contributed by atoms with Crippen LogP contribution in [0.3, 0.4) is 0 Å². The smallest absolute Gasteiger partial charge is 0.256 e. The first kappa shape index (κ1) is 19.3. The van der Waals surface area contributed by atoms with Gasteiger partial charge in [0.25, 0.3) is 5.91 Å². The van der Waals surface area contributed by atoms with Gasteiger partial charge in [-0.1, -0.05) is 13.8 Å². The minimum absolute atomic E-state index is 0.0535. The number of carbonyl (C=O) groups is 1. The standard InChI is InChI=1S/C18H25FN2O4S/c1-13-9-14(2)12-20(11-13)18(22)16-10-15(3-4-17(16)19)26(23,24)21-5-7-25-8-6-21/h3-4,10,13-14H,5-9,11-12H2,1-2H3. The maximum Gasteiger partial charge on any atom is 0.256 e. The average Bonchev–Trinajstić information content (AvgIpc) is 2.61. The molecule has 1 aromatic carbocycles. The number of hydrogen-bond acceptors (Lipinski definition) is 4. The number of piperidine rings is 1. The zero-order valence-corrected chi connectivity index (χ0v) is 16.0. The topological polar surface area (TPSA) is 66.9 Å². The zero-order chi connectivity index (χ0) is 18.9. The summed E-state index contributed by atoms with van der Waals surface area (Å²) in [5.41, 5.74) is -0.180. The first-order valence-corrected chi connectivity index (χ1v) is 10.4. The minimum atomic E-state index is -3.77. The van der Waals surface area contributed by atoms with Crippen LogP contribution in [0.1, 0.15) is 30.6 Å². The fourth-order valence-corrected chi connectivity index (χ4v) is 5.20. The van der Waals surface area contributed by atoms with Crippen LogP contribution in [0.4, 0.5) is 4.39 Å². The molecular weight excluding hydrogens is 359 g/mol. The van der Waals surface area contributed by atoms with E-state index in [2.05, 4.69) is 13.8 Å². The van der Waals surface area contributed by atoms with Gasteiger partial charge in [-0.2, -0.15) is 4.31 Å². The normalized spacial score (nSPS) is 25.3. The fourth-order valence-electron chi connectivity index (χ4n) is 3.76. The molecule has 2 atom stereocenters. The maximum atomic E-state index is 14.3. The summed E-state index contributed by atoms with van der Waals surface area (Å²) >= 11 is 0. The molecule has 2 unspecified atom stereocenters. The Kier molecular flexibility index (Phi) is 5.64. The number of hydrogen-bond donors (Lipinski definition) is 0. The SMILES string of the molecule is CC1CC(C)CN(C(=O)c2cc(S(=O)(=O)N3CCOCC3)ccc2F)C1. The van der Waals surface area contributed by atoms with Gasteiger partial charge in [0.1, 0.15) is 5.82 Å². The first-order valence-electron chi connectivity index (χ1n) is 8.95. The Labute approximate surface area is 154 Å². The largest absolute Gasteiger partial charge is 0.379 e. The summed E-state index contributed by atoms with van der Waals surface area (Å²) in [5.74, 6) is -0.459. The van der Waals surface area contributed by atoms with Crippen LogP contribution in [0, 0.1) is 17.7 Å². The van der Waals surface area contributed by atoms with Crippen molar-refractivity contribution < 1.29 is 22.3 Å². The van der Waals surface area contributed by atoms with E-state index < -0.39 is 21.7 Å². The van der Waals surface area contributed by atoms with Gasteiger partial charge in [-0.15, -0.1) is 0 Å². The number of nitrogens with zero attached hydrogens (tertiary/aromatic N) is 2. The van der Waals surface area contributed by atoms with Crippen LogP contribution in [-0.2, 0) is 14.8 Å². The Morgan fingerprint density at radius 1 is 1.15 bits per heavy atom. The van der Waals surface area contributed by atoms with Crippen LogP contribution < -0.4 is 0 Å². The third-order valence-electron chi connectivity index (χ3n) is 4.93. The van der Waals surface area contributed by atoms with Crippen LogP contribution in [0.15, 0.2) is 23.1 Å². The van der Waals surface area contributed by atoms with E-state index in [9.17, 15) is 17.6 Å². The van der Waals surface area contributed by atoms with Gasteiger partial charge in [0.2, 0.25) is 10.0 Å². The highest BCUT2D eigenvalue weighted by Crippen LogP contribution is 2.25. The molecule has 2 aliphatic heterocycles. The van der Waals surface area contributed by atoms with Crippen molar-refractivity contribution in [3.05, 3.63) is 29.6 Å². The van der Waals surface area contributed by atoms with Gasteiger partial charge in [-0.05, 0) is 36.5 Å². The molecule has 0 N–H and O–H groups in total. The van der Waals surface area contributed by atoms with Crippen LogP contribution in [0.25, 0.3) is 0 Å². The number of carbonyl (C=O) groups excluding carboxylic acids is 1. The molecule has 0 saturated carbocycles. The molecule has 0 radical (unpaired) electrons. The van der Waals surface area contributed by atoms with Crippen molar-refractivity contribution >= 4 is 15.9 Å². The highest BCUT2D eigenvalue weighted by molar-refractivity contribution is 7.89. The van der Waals surface area contributed by atoms with Crippen LogP contribution in [0.5, 0.6) is 0 Å². The van der Waals surface area contributed by atoms with Crippen LogP contribution >= 0.6 is 0 Å². The quantitative estimate of drug-likeness (QED) is 0.799. The van der Waals surface area contributed by atoms with E-state index in [0.717, 1.165) is 12.5 Å². The number of ether oxygens (including phenoxy) is 1. The molecule has 2 fully saturated rings. The van der Waals surface area contributed by atoms with Gasteiger partial charge in [0.05, 0.1) is 23.7 Å². The zero-order valence-electron chi connectivity index (χ0n) is 15.2. The Bertz CT molecular complexity index is 767. The van der Waals surface area contributed by atoms with E-state index in [1.54, 1.807) is 4.90 Å². The lowest BCUT2D eigenvalue weighted by Crippen LogP contribution is -2.43. The summed E-state index contributed by atoms with van der Waals surface area (Å²) in [6.07, 6.45) is 1.03. The summed E-state index contributed by atoms with van der Waals surface area (Å²) in [7, 11) is -3.77. The molecule has 0 spiro atoms. The van der Waals surface area contributed by atoms with E-state index in [0.29, 0.717) is 38.1 Å². The van der Waals surface area contributed by atoms with E-state index in [1.807, 2.05) is 0 Å². The maximum absolute atomic E-state index is 14.3. The average molecular weight is 384 g/mol. The van der Waals surface area contributed by atoms with E-state index in [-0.39, 0.29) is 23.5 Å². The lowest BCUT2D eigenvalue weighted by molar-refractivity contribution is 0.0618. The van der Waals surface area contributed by atoms with Crippen molar-refractivity contribution in [3.63, 3.8) is 0 Å². The molecule has 8 heteroatoms. The minimum Gasteiger partial charge on any atom is -0.379 e. The predicted molar refractivity (Wildman–Crippen MR) is 94.8 cm³/mol. The number of halogens is 1. The molecule has 1 aromatic rings. The number of morpholine rings is 1. The number of sulfonamides is 1. The summed E-state index contributed by atoms with van der Waals surface area (Å²) in [5, 5.41) is 0. The molecule has 0 aliphatic carbocycles. The van der Waals surface area contributed by atoms with E-state index >= 15 is 0 Å². The number of amides is 1. The fraction of sp³-hybridized carbons (Fsp3) is 0.611. The van der Waals surface area contributed by atoms with Gasteiger partial charge >= 0.3 is 0 Å². The molecule has 1 amide bonds. The predicted octanol–water partition coefficient (Wildman–Crippen LogP) is 1.96. The van der Waals surface area contributed by atoms with Crippen molar-refractivity contribution in [2.45, 2.75) is 25.2 Å². The van der Waals surface area contributed by atoms with Gasteiger partial charge in [-0.3, -0.25) is 4.79 Å². The lowest BCUT2D eigenvalue weighted by Gasteiger charge is -2.35.